The number of aliphatic hydroxyl groups is 1. The summed E-state index contributed by atoms with van der Waals surface area (Å²) in [7, 11) is -2.97. The van der Waals surface area contributed by atoms with Crippen LogP contribution in [-0.4, -0.2) is 124 Å². The molecule has 0 unspecified atom stereocenters. The van der Waals surface area contributed by atoms with Gasteiger partial charge in [0.1, 0.15) is 0 Å². The second-order valence-electron chi connectivity index (χ2n) is 21.1. The van der Waals surface area contributed by atoms with E-state index in [1.54, 1.807) is 4.31 Å². The molecule has 4 rings (SSSR count). The Morgan fingerprint density at radius 2 is 1.02 bits per heavy atom. The Hall–Kier alpha value is -0.970. The molecule has 0 aromatic heterocycles. The van der Waals surface area contributed by atoms with Gasteiger partial charge in [-0.3, -0.25) is 0 Å². The van der Waals surface area contributed by atoms with Crippen LogP contribution >= 0.6 is 0 Å². The maximum Gasteiger partial charge on any atom is 0.390 e. The van der Waals surface area contributed by atoms with Gasteiger partial charge in [-0.15, -0.1) is 0 Å². The first-order valence-corrected chi connectivity index (χ1v) is 24.1. The highest BCUT2D eigenvalue weighted by Crippen LogP contribution is 2.40. The third-order valence-electron chi connectivity index (χ3n) is 14.4. The van der Waals surface area contributed by atoms with Crippen LogP contribution in [0.3, 0.4) is 0 Å². The Balaban J connectivity index is 0.000000381. The topological polar surface area (TPSA) is 91.1 Å². The molecule has 0 spiro atoms. The Kier molecular flexibility index (Phi) is 22.6. The lowest BCUT2D eigenvalue weighted by Crippen LogP contribution is -2.43. The molecule has 0 aromatic rings. The van der Waals surface area contributed by atoms with Gasteiger partial charge < -0.3 is 19.8 Å². The van der Waals surface area contributed by atoms with Gasteiger partial charge >= 0.3 is 6.18 Å². The molecule has 4 saturated heterocycles. The molecule has 12 heteroatoms. The van der Waals surface area contributed by atoms with Crippen LogP contribution in [0.2, 0.25) is 0 Å². The second kappa shape index (κ2) is 23.9. The number of nitrogens with zero attached hydrogens (tertiary/aromatic N) is 5. The number of sulfonamides is 1. The highest BCUT2D eigenvalue weighted by Gasteiger charge is 2.36. The zero-order valence-corrected chi connectivity index (χ0v) is 39.7. The Bertz CT molecular complexity index is 1240. The maximum absolute atomic E-state index is 12.0. The van der Waals surface area contributed by atoms with Crippen LogP contribution in [0.1, 0.15) is 147 Å². The van der Waals surface area contributed by atoms with E-state index in [-0.39, 0.29) is 12.0 Å². The normalized spacial score (nSPS) is 22.4. The van der Waals surface area contributed by atoms with Crippen LogP contribution in [0.4, 0.5) is 13.2 Å². The van der Waals surface area contributed by atoms with Crippen molar-refractivity contribution >= 4 is 10.0 Å². The standard InChI is InChI=1S/C12H22F3N.C12H22N2.C11H23NO.C10H21NO2S/c1-11(2,3)10-4-7-16(8-5-10)9-6-12(13,14)15;1-11(2)12(3)5-9-14(10-6-12)8-4-7-13;1-11(2,3)10-4-6-12(7-5-10)8-9-13;1-9(2)10(3)5-7-11(8-6-10)14(4,12)13/h10H,4-9H2,1-3H3;11H,4-6,8-10H2,1-3H3;10,13H,4-9H2,1-3H3;9H,5-8H2,1-4H3. The van der Waals surface area contributed by atoms with Crippen LogP contribution in [0.5, 0.6) is 0 Å². The van der Waals surface area contributed by atoms with E-state index in [2.05, 4.69) is 99.0 Å². The molecule has 0 aromatic carbocycles. The first-order chi connectivity index (χ1) is 26.1. The minimum Gasteiger partial charge on any atom is -0.395 e. The van der Waals surface area contributed by atoms with Crippen LogP contribution < -0.4 is 0 Å². The molecule has 0 bridgehead atoms. The van der Waals surface area contributed by atoms with Crippen molar-refractivity contribution in [3.63, 3.8) is 0 Å². The summed E-state index contributed by atoms with van der Waals surface area (Å²) in [5.74, 6) is 2.92. The lowest BCUT2D eigenvalue weighted by molar-refractivity contribution is -0.138. The zero-order valence-electron chi connectivity index (χ0n) is 38.9. The molecule has 1 N–H and O–H groups in total. The number of hydrogen-bond acceptors (Lipinski definition) is 7. The molecule has 0 saturated carbocycles. The quantitative estimate of drug-likeness (QED) is 0.247. The molecule has 0 aliphatic carbocycles. The molecule has 8 nitrogen and oxygen atoms in total. The van der Waals surface area contributed by atoms with Gasteiger partial charge in [0, 0.05) is 39.1 Å². The van der Waals surface area contributed by atoms with E-state index in [1.165, 1.54) is 58.1 Å². The number of halogens is 3. The number of nitriles is 1. The molecule has 4 fully saturated rings. The lowest BCUT2D eigenvalue weighted by atomic mass is 9.72. The third kappa shape index (κ3) is 20.9. The number of β-amino-alcohol motifs (C(OH)–C–C–N with tert-alkyl or cyclic N) is 1. The van der Waals surface area contributed by atoms with Crippen molar-refractivity contribution in [3.8, 4) is 6.07 Å². The molecule has 4 aliphatic rings. The van der Waals surface area contributed by atoms with Gasteiger partial charge in [0.25, 0.3) is 0 Å². The van der Waals surface area contributed by atoms with Gasteiger partial charge in [-0.1, -0.05) is 83.1 Å². The summed E-state index contributed by atoms with van der Waals surface area (Å²) in [4.78, 5) is 6.73. The minimum absolute atomic E-state index is 0.167. The van der Waals surface area contributed by atoms with Crippen molar-refractivity contribution in [1.29, 1.82) is 5.26 Å². The van der Waals surface area contributed by atoms with E-state index in [0.29, 0.717) is 54.2 Å². The van der Waals surface area contributed by atoms with E-state index in [9.17, 15) is 21.6 Å². The molecule has 4 aliphatic heterocycles. The number of likely N-dealkylation sites (tertiary alicyclic amines) is 3. The Morgan fingerprint density at radius 3 is 1.32 bits per heavy atom. The van der Waals surface area contributed by atoms with Gasteiger partial charge in [-0.2, -0.15) is 18.4 Å². The fourth-order valence-electron chi connectivity index (χ4n) is 8.45. The minimum atomic E-state index is -4.01. The molecule has 57 heavy (non-hydrogen) atoms. The Morgan fingerprint density at radius 1 is 0.667 bits per heavy atom. The smallest absolute Gasteiger partial charge is 0.390 e. The van der Waals surface area contributed by atoms with E-state index in [4.69, 9.17) is 10.4 Å². The van der Waals surface area contributed by atoms with Crippen LogP contribution in [0.15, 0.2) is 0 Å². The van der Waals surface area contributed by atoms with Gasteiger partial charge in [-0.05, 0) is 136 Å². The molecule has 4 heterocycles. The van der Waals surface area contributed by atoms with Gasteiger partial charge in [-0.25, -0.2) is 12.7 Å². The summed E-state index contributed by atoms with van der Waals surface area (Å²) in [6.45, 7) is 37.4. The van der Waals surface area contributed by atoms with Crippen molar-refractivity contribution in [1.82, 2.24) is 19.0 Å². The van der Waals surface area contributed by atoms with Crippen molar-refractivity contribution in [2.45, 2.75) is 153 Å². The summed E-state index contributed by atoms with van der Waals surface area (Å²) in [5.41, 5.74) is 1.60. The number of piperidine rings is 4. The number of hydrogen-bond donors (Lipinski definition) is 1. The van der Waals surface area contributed by atoms with Gasteiger partial charge in [0.15, 0.2) is 0 Å². The first-order valence-electron chi connectivity index (χ1n) is 22.2. The first kappa shape index (κ1) is 54.0. The fraction of sp³-hybridized carbons (Fsp3) is 0.978. The predicted molar refractivity (Wildman–Crippen MR) is 232 cm³/mol. The number of rotatable bonds is 9. The SMILES string of the molecule is CC(C)(C)C1CCN(CCC(F)(F)F)CC1.CC(C)(C)C1CCN(CCO)CC1.CC(C)C1(C)CCN(CCC#N)CC1.CC(C)C1(C)CCN(S(C)(=O)=O)CC1. The molecular weight excluding hydrogens is 748 g/mol. The fourth-order valence-corrected chi connectivity index (χ4v) is 9.30. The molecule has 0 atom stereocenters. The number of aliphatic hydroxyl groups excluding tert-OH is 1. The molecule has 338 valence electrons. The zero-order chi connectivity index (χ0) is 43.9. The summed E-state index contributed by atoms with van der Waals surface area (Å²) >= 11 is 0. The Labute approximate surface area is 349 Å². The van der Waals surface area contributed by atoms with Crippen molar-refractivity contribution in [3.05, 3.63) is 0 Å². The van der Waals surface area contributed by atoms with Gasteiger partial charge in [0.05, 0.1) is 25.4 Å². The average molecular weight is 836 g/mol. The summed E-state index contributed by atoms with van der Waals surface area (Å²) in [5, 5.41) is 17.3. The second-order valence-corrected chi connectivity index (χ2v) is 23.1. The largest absolute Gasteiger partial charge is 0.395 e. The number of alkyl halides is 3. The van der Waals surface area contributed by atoms with E-state index in [0.717, 1.165) is 63.7 Å². The summed E-state index contributed by atoms with van der Waals surface area (Å²) < 4.78 is 60.3. The van der Waals surface area contributed by atoms with Crippen LogP contribution in [0, 0.1) is 56.7 Å². The van der Waals surface area contributed by atoms with Crippen molar-refractivity contribution in [2.75, 3.05) is 84.9 Å². The summed E-state index contributed by atoms with van der Waals surface area (Å²) in [6, 6.07) is 2.22. The van der Waals surface area contributed by atoms with Crippen LogP contribution in [0.25, 0.3) is 0 Å². The monoisotopic (exact) mass is 836 g/mol. The third-order valence-corrected chi connectivity index (χ3v) is 15.7. The predicted octanol–water partition coefficient (Wildman–Crippen LogP) is 9.80. The van der Waals surface area contributed by atoms with E-state index in [1.807, 2.05) is 4.90 Å². The maximum atomic E-state index is 12.0. The lowest BCUT2D eigenvalue weighted by Gasteiger charge is -2.42. The molecule has 0 amide bonds. The molecule has 0 radical (unpaired) electrons. The van der Waals surface area contributed by atoms with Crippen molar-refractivity contribution < 1.29 is 26.7 Å². The van der Waals surface area contributed by atoms with E-state index < -0.39 is 22.6 Å². The molecular formula is C45H88F3N5O3S. The highest BCUT2D eigenvalue weighted by atomic mass is 32.2. The van der Waals surface area contributed by atoms with Crippen molar-refractivity contribution in [2.24, 2.45) is 45.3 Å². The van der Waals surface area contributed by atoms with E-state index >= 15 is 0 Å². The van der Waals surface area contributed by atoms with Crippen LogP contribution in [-0.2, 0) is 10.0 Å². The summed E-state index contributed by atoms with van der Waals surface area (Å²) in [6.07, 6.45) is 6.48. The van der Waals surface area contributed by atoms with Gasteiger partial charge in [0.2, 0.25) is 10.0 Å². The average Bonchev–Trinajstić information content (AvgIpc) is 3.10. The highest BCUT2D eigenvalue weighted by molar-refractivity contribution is 7.88.